The highest BCUT2D eigenvalue weighted by Crippen LogP contribution is 2.37. The van der Waals surface area contributed by atoms with Crippen molar-refractivity contribution in [3.63, 3.8) is 0 Å². The van der Waals surface area contributed by atoms with Crippen LogP contribution in [0.4, 0.5) is 13.2 Å². The van der Waals surface area contributed by atoms with Gasteiger partial charge in [0, 0.05) is 17.4 Å². The maximum Gasteiger partial charge on any atom is 0.433 e. The molecule has 0 unspecified atom stereocenters. The summed E-state index contributed by atoms with van der Waals surface area (Å²) in [6.07, 6.45) is -2.22. The third-order valence-corrected chi connectivity index (χ3v) is 6.89. The Morgan fingerprint density at radius 1 is 1.17 bits per heavy atom. The number of hydrogen-bond acceptors (Lipinski definition) is 7. The van der Waals surface area contributed by atoms with Gasteiger partial charge in [-0.05, 0) is 37.5 Å². The molecule has 3 rings (SSSR count). The molecule has 0 saturated heterocycles. The van der Waals surface area contributed by atoms with Crippen molar-refractivity contribution in [3.8, 4) is 5.13 Å². The van der Waals surface area contributed by atoms with Gasteiger partial charge < -0.3 is 4.74 Å². The van der Waals surface area contributed by atoms with Crippen molar-refractivity contribution in [2.45, 2.75) is 57.0 Å². The number of primary sulfonamides is 1. The summed E-state index contributed by atoms with van der Waals surface area (Å²) in [6.45, 7) is 3.71. The number of esters is 1. The molecule has 0 aliphatic rings. The average molecular weight is 531 g/mol. The van der Waals surface area contributed by atoms with Gasteiger partial charge in [-0.15, -0.1) is 11.3 Å². The molecular weight excluding hydrogens is 505 g/mol. The van der Waals surface area contributed by atoms with Crippen LogP contribution in [0.5, 0.6) is 0 Å². The van der Waals surface area contributed by atoms with Gasteiger partial charge in [0.05, 0.1) is 17.2 Å². The molecule has 0 aliphatic heterocycles. The SMILES string of the molecule is CCCCCc1nn(-c2nc(C(=O)OCC)cs2)c(C(F)(F)F)c1Cc1ccc(S(N)(=O)=O)cc1. The standard InChI is InChI=1S/C22H25F3N4O4S2/c1-3-5-6-7-17-16(12-14-8-10-15(11-9-14)35(26,31)32)19(22(23,24)25)29(28-17)21-27-18(13-34-21)20(30)33-4-2/h8-11,13H,3-7,12H2,1-2H3,(H2,26,31,32). The van der Waals surface area contributed by atoms with Gasteiger partial charge in [0.15, 0.2) is 11.4 Å². The molecule has 2 N–H and O–H groups in total. The number of nitrogens with two attached hydrogens (primary N) is 1. The number of carbonyl (C=O) groups is 1. The van der Waals surface area contributed by atoms with Gasteiger partial charge in [0.25, 0.3) is 0 Å². The first-order chi connectivity index (χ1) is 16.5. The quantitative estimate of drug-likeness (QED) is 0.305. The molecular formula is C22H25F3N4O4S2. The summed E-state index contributed by atoms with van der Waals surface area (Å²) in [6, 6.07) is 5.36. The van der Waals surface area contributed by atoms with Crippen molar-refractivity contribution in [2.75, 3.05) is 6.61 Å². The Balaban J connectivity index is 2.10. The second-order valence-corrected chi connectivity index (χ2v) is 10.1. The predicted octanol–water partition coefficient (Wildman–Crippen LogP) is 4.50. The first kappa shape index (κ1) is 26.8. The van der Waals surface area contributed by atoms with Crippen molar-refractivity contribution in [2.24, 2.45) is 5.14 Å². The molecule has 0 radical (unpaired) electrons. The van der Waals surface area contributed by atoms with Crippen LogP contribution in [-0.2, 0) is 33.8 Å². The van der Waals surface area contributed by atoms with Gasteiger partial charge in [-0.3, -0.25) is 0 Å². The molecule has 13 heteroatoms. The zero-order valence-corrected chi connectivity index (χ0v) is 20.8. The molecule has 0 atom stereocenters. The first-order valence-electron chi connectivity index (χ1n) is 10.9. The van der Waals surface area contributed by atoms with Crippen LogP contribution in [0.25, 0.3) is 5.13 Å². The Hall–Kier alpha value is -2.77. The number of thiazole rings is 1. The number of hydrogen-bond donors (Lipinski definition) is 1. The maximum atomic E-state index is 14.3. The minimum absolute atomic E-state index is 0.0233. The monoisotopic (exact) mass is 530 g/mol. The topological polar surface area (TPSA) is 117 Å². The van der Waals surface area contributed by atoms with Gasteiger partial charge in [0.1, 0.15) is 0 Å². The fourth-order valence-corrected chi connectivity index (χ4v) is 4.78. The normalized spacial score (nSPS) is 12.2. The summed E-state index contributed by atoms with van der Waals surface area (Å²) in [5.41, 5.74) is -0.364. The van der Waals surface area contributed by atoms with Crippen molar-refractivity contribution < 1.29 is 31.1 Å². The number of aryl methyl sites for hydroxylation is 1. The second kappa shape index (κ2) is 10.9. The van der Waals surface area contributed by atoms with E-state index in [1.54, 1.807) is 6.92 Å². The summed E-state index contributed by atoms with van der Waals surface area (Å²) < 4.78 is 71.7. The molecule has 2 aromatic heterocycles. The van der Waals surface area contributed by atoms with Crippen LogP contribution in [0.2, 0.25) is 0 Å². The van der Waals surface area contributed by atoms with Crippen molar-refractivity contribution >= 4 is 27.3 Å². The van der Waals surface area contributed by atoms with Crippen LogP contribution in [0.3, 0.4) is 0 Å². The van der Waals surface area contributed by atoms with Crippen LogP contribution in [0.1, 0.15) is 66.1 Å². The van der Waals surface area contributed by atoms with E-state index in [0.717, 1.165) is 28.9 Å². The molecule has 8 nitrogen and oxygen atoms in total. The van der Waals surface area contributed by atoms with Crippen LogP contribution in [0.15, 0.2) is 34.5 Å². The fraction of sp³-hybridized carbons (Fsp3) is 0.409. The Morgan fingerprint density at radius 3 is 2.43 bits per heavy atom. The molecule has 0 fully saturated rings. The number of alkyl halides is 3. The molecule has 2 heterocycles. The predicted molar refractivity (Wildman–Crippen MR) is 124 cm³/mol. The summed E-state index contributed by atoms with van der Waals surface area (Å²) in [5.74, 6) is -0.728. The third-order valence-electron chi connectivity index (χ3n) is 5.14. The Kier molecular flexibility index (Phi) is 8.34. The molecule has 0 bridgehead atoms. The van der Waals surface area contributed by atoms with Gasteiger partial charge in [-0.1, -0.05) is 31.9 Å². The van der Waals surface area contributed by atoms with Crippen molar-refractivity contribution in [3.05, 3.63) is 57.9 Å². The maximum absolute atomic E-state index is 14.3. The van der Waals surface area contributed by atoms with Gasteiger partial charge in [-0.2, -0.15) is 18.3 Å². The lowest BCUT2D eigenvalue weighted by Crippen LogP contribution is -2.16. The summed E-state index contributed by atoms with van der Waals surface area (Å²) in [5, 5.41) is 10.6. The second-order valence-electron chi connectivity index (χ2n) is 7.74. The zero-order valence-electron chi connectivity index (χ0n) is 19.1. The number of unbranched alkanes of at least 4 members (excludes halogenated alkanes) is 2. The van der Waals surface area contributed by atoms with E-state index in [-0.39, 0.29) is 40.0 Å². The van der Waals surface area contributed by atoms with Crippen molar-refractivity contribution in [1.29, 1.82) is 0 Å². The molecule has 0 saturated carbocycles. The van der Waals surface area contributed by atoms with E-state index >= 15 is 0 Å². The number of halogens is 3. The minimum atomic E-state index is -4.76. The molecule has 0 amide bonds. The molecule has 0 aliphatic carbocycles. The lowest BCUT2D eigenvalue weighted by atomic mass is 9.99. The van der Waals surface area contributed by atoms with Crippen LogP contribution >= 0.6 is 11.3 Å². The van der Waals surface area contributed by atoms with E-state index in [2.05, 4.69) is 10.1 Å². The number of benzene rings is 1. The molecule has 1 aromatic carbocycles. The third kappa shape index (κ3) is 6.47. The average Bonchev–Trinajstić information content (AvgIpc) is 3.39. The highest BCUT2D eigenvalue weighted by atomic mass is 32.2. The van der Waals surface area contributed by atoms with Gasteiger partial charge >= 0.3 is 12.1 Å². The van der Waals surface area contributed by atoms with Crippen LogP contribution in [0, 0.1) is 0 Å². The highest BCUT2D eigenvalue weighted by molar-refractivity contribution is 7.89. The Morgan fingerprint density at radius 2 is 1.86 bits per heavy atom. The largest absolute Gasteiger partial charge is 0.461 e. The molecule has 0 spiro atoms. The number of nitrogens with zero attached hydrogens (tertiary/aromatic N) is 3. The lowest BCUT2D eigenvalue weighted by Gasteiger charge is -2.12. The highest BCUT2D eigenvalue weighted by Gasteiger charge is 2.41. The Bertz CT molecular complexity index is 1280. The minimum Gasteiger partial charge on any atom is -0.461 e. The number of carbonyl (C=O) groups excluding carboxylic acids is 1. The van der Waals surface area contributed by atoms with E-state index in [1.165, 1.54) is 29.6 Å². The van der Waals surface area contributed by atoms with E-state index in [9.17, 15) is 26.4 Å². The lowest BCUT2D eigenvalue weighted by molar-refractivity contribution is -0.143. The van der Waals surface area contributed by atoms with E-state index in [0.29, 0.717) is 18.4 Å². The zero-order chi connectivity index (χ0) is 25.8. The summed E-state index contributed by atoms with van der Waals surface area (Å²) in [4.78, 5) is 15.9. The van der Waals surface area contributed by atoms with Crippen molar-refractivity contribution in [1.82, 2.24) is 14.8 Å². The molecule has 190 valence electrons. The van der Waals surface area contributed by atoms with Gasteiger partial charge in [0.2, 0.25) is 15.2 Å². The molecule has 35 heavy (non-hydrogen) atoms. The smallest absolute Gasteiger partial charge is 0.433 e. The number of aromatic nitrogens is 3. The molecule has 3 aromatic rings. The van der Waals surface area contributed by atoms with Crippen LogP contribution in [-0.4, -0.2) is 35.8 Å². The summed E-state index contributed by atoms with van der Waals surface area (Å²) in [7, 11) is -3.93. The summed E-state index contributed by atoms with van der Waals surface area (Å²) >= 11 is 0.856. The first-order valence-corrected chi connectivity index (χ1v) is 13.3. The fourth-order valence-electron chi connectivity index (χ4n) is 3.52. The van der Waals surface area contributed by atoms with E-state index in [4.69, 9.17) is 9.88 Å². The van der Waals surface area contributed by atoms with E-state index < -0.39 is 27.9 Å². The Labute approximate surface area is 205 Å². The number of sulfonamides is 1. The number of rotatable bonds is 10. The van der Waals surface area contributed by atoms with Crippen LogP contribution < -0.4 is 5.14 Å². The van der Waals surface area contributed by atoms with E-state index in [1.807, 2.05) is 6.92 Å². The van der Waals surface area contributed by atoms with Gasteiger partial charge in [-0.25, -0.2) is 28.0 Å². The number of ether oxygens (including phenoxy) is 1.